The summed E-state index contributed by atoms with van der Waals surface area (Å²) >= 11 is 0. The lowest BCUT2D eigenvalue weighted by atomic mass is 9.71. The molecule has 1 atom stereocenters. The van der Waals surface area contributed by atoms with E-state index in [4.69, 9.17) is 24.5 Å². The predicted octanol–water partition coefficient (Wildman–Crippen LogP) is 5.94. The molecule has 0 fully saturated rings. The van der Waals surface area contributed by atoms with Crippen molar-refractivity contribution in [3.8, 4) is 5.75 Å². The molecule has 37 heavy (non-hydrogen) atoms. The summed E-state index contributed by atoms with van der Waals surface area (Å²) < 4.78 is 5.92. The van der Waals surface area contributed by atoms with E-state index in [0.29, 0.717) is 11.3 Å². The Hall–Kier alpha value is -2.38. The largest absolute Gasteiger partial charge is 0.492 e. The van der Waals surface area contributed by atoms with Crippen LogP contribution in [0.25, 0.3) is 0 Å². The first-order chi connectivity index (χ1) is 17.4. The van der Waals surface area contributed by atoms with E-state index in [1.807, 2.05) is 0 Å². The highest BCUT2D eigenvalue weighted by molar-refractivity contribution is 6.27. The maximum absolute atomic E-state index is 9.10. The van der Waals surface area contributed by atoms with Gasteiger partial charge in [0.25, 0.3) is 0 Å². The van der Waals surface area contributed by atoms with Gasteiger partial charge in [0, 0.05) is 19.6 Å². The molecule has 0 bridgehead atoms. The number of hydrogen-bond acceptors (Lipinski definition) is 5. The third-order valence-corrected chi connectivity index (χ3v) is 7.33. The number of carboxylic acid groups (broad SMARTS) is 2. The van der Waals surface area contributed by atoms with Crippen molar-refractivity contribution in [2.45, 2.75) is 80.2 Å². The molecule has 0 amide bonds. The van der Waals surface area contributed by atoms with Gasteiger partial charge in [-0.25, -0.2) is 9.59 Å². The van der Waals surface area contributed by atoms with Crippen LogP contribution in [0, 0.1) is 11.3 Å². The Morgan fingerprint density at radius 3 is 2.19 bits per heavy atom. The van der Waals surface area contributed by atoms with Crippen molar-refractivity contribution in [2.75, 3.05) is 39.8 Å². The third-order valence-electron chi connectivity index (χ3n) is 7.33. The molecule has 0 aliphatic heterocycles. The lowest BCUT2D eigenvalue weighted by Gasteiger charge is -2.35. The van der Waals surface area contributed by atoms with Gasteiger partial charge in [-0.1, -0.05) is 57.9 Å². The second kappa shape index (κ2) is 16.5. The minimum atomic E-state index is -1.82. The Morgan fingerprint density at radius 2 is 1.68 bits per heavy atom. The average molecular weight is 519 g/mol. The molecule has 7 heteroatoms. The summed E-state index contributed by atoms with van der Waals surface area (Å²) in [5.74, 6) is -1.96. The smallest absolute Gasteiger partial charge is 0.414 e. The van der Waals surface area contributed by atoms with E-state index in [9.17, 15) is 0 Å². The molecule has 0 aromatic heterocycles. The summed E-state index contributed by atoms with van der Waals surface area (Å²) in [5.41, 5.74) is 5.17. The average Bonchev–Trinajstić information content (AvgIpc) is 2.82. The van der Waals surface area contributed by atoms with Gasteiger partial charge < -0.3 is 24.7 Å². The highest BCUT2D eigenvalue weighted by Crippen LogP contribution is 2.42. The fourth-order valence-corrected chi connectivity index (χ4v) is 5.14. The highest BCUT2D eigenvalue weighted by atomic mass is 16.5. The van der Waals surface area contributed by atoms with Gasteiger partial charge in [0.15, 0.2) is 0 Å². The number of ether oxygens (including phenoxy) is 1. The molecule has 7 nitrogen and oxygen atoms in total. The van der Waals surface area contributed by atoms with Gasteiger partial charge >= 0.3 is 11.9 Å². The quantitative estimate of drug-likeness (QED) is 0.247. The van der Waals surface area contributed by atoms with Crippen LogP contribution in [0.1, 0.15) is 79.2 Å². The number of rotatable bonds is 13. The molecule has 210 valence electrons. The molecule has 0 saturated heterocycles. The van der Waals surface area contributed by atoms with Crippen LogP contribution >= 0.6 is 0 Å². The number of nitrogens with zero attached hydrogens (tertiary/aromatic N) is 2. The number of carboxylic acids is 2. The highest BCUT2D eigenvalue weighted by Gasteiger charge is 2.28. The maximum atomic E-state index is 9.10. The lowest BCUT2D eigenvalue weighted by molar-refractivity contribution is -0.159. The Balaban J connectivity index is 0.00000102. The van der Waals surface area contributed by atoms with E-state index in [-0.39, 0.29) is 0 Å². The first kappa shape index (κ1) is 32.6. The van der Waals surface area contributed by atoms with E-state index in [1.54, 1.807) is 11.1 Å². The van der Waals surface area contributed by atoms with E-state index >= 15 is 0 Å². The summed E-state index contributed by atoms with van der Waals surface area (Å²) in [6.07, 6.45) is 6.58. The number of hydrogen-bond donors (Lipinski definition) is 2. The molecule has 0 saturated carbocycles. The number of carbonyl (C=O) groups is 2. The van der Waals surface area contributed by atoms with Crippen LogP contribution in [0.4, 0.5) is 0 Å². The predicted molar refractivity (Wildman–Crippen MR) is 150 cm³/mol. The van der Waals surface area contributed by atoms with Crippen molar-refractivity contribution in [1.29, 1.82) is 0 Å². The van der Waals surface area contributed by atoms with Crippen molar-refractivity contribution in [3.05, 3.63) is 41.0 Å². The number of aliphatic carboxylic acids is 2. The standard InChI is InChI=1S/C28H48N2O.C2H2O4/c1-8-30(9-2)19-20-31-26-15-13-25(14-16-26)22-29(7)21-23(3)12-17-27-24(4)11-10-18-28(27,5)6;3-1(4)2(5)6/h13-16,23H,8-12,17-22H2,1-7H3;(H,3,4)(H,5,6). The summed E-state index contributed by atoms with van der Waals surface area (Å²) in [7, 11) is 2.25. The van der Waals surface area contributed by atoms with Crippen molar-refractivity contribution in [2.24, 2.45) is 11.3 Å². The van der Waals surface area contributed by atoms with Gasteiger partial charge in [0.2, 0.25) is 0 Å². The summed E-state index contributed by atoms with van der Waals surface area (Å²) in [4.78, 5) is 23.1. The van der Waals surface area contributed by atoms with Crippen LogP contribution in [-0.4, -0.2) is 71.8 Å². The topological polar surface area (TPSA) is 90.3 Å². The van der Waals surface area contributed by atoms with Crippen LogP contribution in [0.2, 0.25) is 0 Å². The molecule has 1 aromatic carbocycles. The molecule has 1 unspecified atom stereocenters. The Labute approximate surface area is 224 Å². The van der Waals surface area contributed by atoms with E-state index in [0.717, 1.165) is 45.1 Å². The number of benzene rings is 1. The fraction of sp³-hybridized carbons (Fsp3) is 0.667. The van der Waals surface area contributed by atoms with Gasteiger partial charge in [-0.15, -0.1) is 0 Å². The van der Waals surface area contributed by atoms with Gasteiger partial charge in [-0.05, 0) is 88.2 Å². The van der Waals surface area contributed by atoms with Gasteiger partial charge in [-0.2, -0.15) is 0 Å². The second-order valence-electron chi connectivity index (χ2n) is 11.0. The minimum absolute atomic E-state index is 0.406. The summed E-state index contributed by atoms with van der Waals surface area (Å²) in [6, 6.07) is 8.67. The van der Waals surface area contributed by atoms with Gasteiger partial charge in [-0.3, -0.25) is 0 Å². The maximum Gasteiger partial charge on any atom is 0.414 e. The zero-order chi connectivity index (χ0) is 28.0. The van der Waals surface area contributed by atoms with Crippen LogP contribution in [0.5, 0.6) is 5.75 Å². The Bertz CT molecular complexity index is 847. The van der Waals surface area contributed by atoms with E-state index < -0.39 is 11.9 Å². The SMILES string of the molecule is CCN(CC)CCOc1ccc(CN(C)CC(C)CCC2=C(C)CCCC2(C)C)cc1.O=C(O)C(=O)O. The van der Waals surface area contributed by atoms with Crippen LogP contribution in [-0.2, 0) is 16.1 Å². The molecular formula is C30H50N2O5. The van der Waals surface area contributed by atoms with Crippen LogP contribution in [0.15, 0.2) is 35.4 Å². The zero-order valence-electron chi connectivity index (χ0n) is 24.2. The van der Waals surface area contributed by atoms with Crippen LogP contribution < -0.4 is 4.74 Å². The molecule has 0 spiro atoms. The van der Waals surface area contributed by atoms with Crippen molar-refractivity contribution in [1.82, 2.24) is 9.80 Å². The zero-order valence-corrected chi connectivity index (χ0v) is 24.2. The molecule has 1 aromatic rings. The summed E-state index contributed by atoms with van der Waals surface area (Å²) in [6.45, 7) is 20.1. The summed E-state index contributed by atoms with van der Waals surface area (Å²) in [5, 5.41) is 14.8. The van der Waals surface area contributed by atoms with Gasteiger partial charge in [0.1, 0.15) is 12.4 Å². The fourth-order valence-electron chi connectivity index (χ4n) is 5.14. The minimum Gasteiger partial charge on any atom is -0.492 e. The Morgan fingerprint density at radius 1 is 1.08 bits per heavy atom. The molecule has 1 aliphatic rings. The molecule has 0 heterocycles. The number of allylic oxidation sites excluding steroid dienone is 2. The molecular weight excluding hydrogens is 468 g/mol. The first-order valence-electron chi connectivity index (χ1n) is 13.7. The van der Waals surface area contributed by atoms with Crippen LogP contribution in [0.3, 0.4) is 0 Å². The first-order valence-corrected chi connectivity index (χ1v) is 13.7. The number of likely N-dealkylation sites (N-methyl/N-ethyl adjacent to an activating group) is 1. The molecule has 2 rings (SSSR count). The molecule has 0 radical (unpaired) electrons. The van der Waals surface area contributed by atoms with Crippen molar-refractivity contribution >= 4 is 11.9 Å². The molecule has 1 aliphatic carbocycles. The van der Waals surface area contributed by atoms with Gasteiger partial charge in [0.05, 0.1) is 0 Å². The molecule has 2 N–H and O–H groups in total. The normalized spacial score (nSPS) is 15.8. The lowest BCUT2D eigenvalue weighted by Crippen LogP contribution is -2.27. The van der Waals surface area contributed by atoms with E-state index in [1.165, 1.54) is 37.7 Å². The van der Waals surface area contributed by atoms with Crippen molar-refractivity contribution in [3.63, 3.8) is 0 Å². The monoisotopic (exact) mass is 518 g/mol. The van der Waals surface area contributed by atoms with E-state index in [2.05, 4.69) is 82.7 Å². The van der Waals surface area contributed by atoms with Crippen molar-refractivity contribution < 1.29 is 24.5 Å². The third kappa shape index (κ3) is 12.6. The Kier molecular flexibility index (Phi) is 14.5. The second-order valence-corrected chi connectivity index (χ2v) is 11.0.